The number of halogens is 6. The molecule has 6 aliphatic heterocycles. The first kappa shape index (κ1) is 104. The molecule has 5 aromatic rings. The van der Waals surface area contributed by atoms with Gasteiger partial charge in [-0.2, -0.15) is 13.2 Å². The molecule has 0 aliphatic carbocycles. The van der Waals surface area contributed by atoms with Crippen LogP contribution in [0, 0.1) is 0 Å². The fourth-order valence-corrected chi connectivity index (χ4v) is 9.73. The number of guanidine groups is 3. The molecule has 6 heterocycles. The monoisotopic (exact) mass is 1780 g/mol. The van der Waals surface area contributed by atoms with Crippen LogP contribution in [0.3, 0.4) is 0 Å². The average Bonchev–Trinajstić information content (AvgIpc) is 1.71. The van der Waals surface area contributed by atoms with E-state index >= 15 is 0 Å². The number of carboxylic acids is 4. The Morgan fingerprint density at radius 3 is 1.25 bits per heavy atom. The molecule has 6 aliphatic rings. The van der Waals surface area contributed by atoms with E-state index in [9.17, 15) is 104 Å². The van der Waals surface area contributed by atoms with E-state index in [0.717, 1.165) is 29.4 Å². The number of rotatable bonds is 25. The minimum atomic E-state index is -5.08. The van der Waals surface area contributed by atoms with Gasteiger partial charge in [-0.3, -0.25) is 33.6 Å². The largest absolute Gasteiger partial charge is 0.508 e. The number of nitrogens with one attached hydrogen (secondary N) is 9. The van der Waals surface area contributed by atoms with E-state index in [2.05, 4.69) is 82.3 Å². The van der Waals surface area contributed by atoms with Gasteiger partial charge in [0.15, 0.2) is 17.9 Å². The molecule has 3 amide bonds. The number of phenols is 3. The standard InChI is InChI=1S/C17H20FN5O5.C13H15FN4O4.C12H12BNO5.C12H14BNO4.C11H12FN3O3.2C4H7NO2.C2HF3O2/c18-10-5-20-17(21-6-10)23-11-1-9(2-13(24)3-11)16(27)19-7-14(25)22-12-4-15(26)28-8-12;14-8-4-16-13(17-5-8)18-9-1-7(2-10(19)3-9)12(22)15-6-11(20)21;15-11(6-10(12(16)17)14-8-13-18)19-7-9-4-2-1-3-5-9;15-7-11(14-9-13-17)6-12(16)18-8-10-4-2-1-3-5-10;12-7-4-13-11(14-5-7)15-8-1-6(10(17)18)2-9(16)3-8;2*5-3-1-4(6)7-2-3;3-2(4,5)1(6)7/h1-3,10,12,24H,4-8H2,(H,19,27)(H,22,25)(H2,20,21,23);1-3,8,19H,4-6H2,(H,15,22)(H,20,21)(H2,16,17,18);1-5,8,10H,6-7H2,(H,16,17);1-5,9,11,15H,6-8H2;1-3,7,16H,4-5H2,(H,17,18)(H2,13,14,15);2*3H,1-2,5H2;(H,6,7)/t12-;;10-;11-;;2*3-;/m0.00.00./s1. The van der Waals surface area contributed by atoms with E-state index in [1.54, 1.807) is 24.3 Å². The van der Waals surface area contributed by atoms with E-state index in [1.807, 2.05) is 36.4 Å². The first-order valence-corrected chi connectivity index (χ1v) is 37.1. The quantitative estimate of drug-likeness (QED) is 0.0123. The number of aromatic hydroxyl groups is 3. The number of aliphatic hydroxyl groups is 1. The predicted molar refractivity (Wildman–Crippen MR) is 432 cm³/mol. The number of hydrogen-bond acceptors (Lipinski definition) is 36. The smallest absolute Gasteiger partial charge is 0.490 e. The number of aromatic carboxylic acids is 1. The molecule has 8 atom stereocenters. The van der Waals surface area contributed by atoms with Crippen molar-refractivity contribution in [2.24, 2.45) is 36.4 Å². The minimum Gasteiger partial charge on any atom is -0.508 e. The fourth-order valence-electron chi connectivity index (χ4n) is 9.73. The molecule has 0 aromatic heterocycles. The second-order valence-electron chi connectivity index (χ2n) is 26.3. The summed E-state index contributed by atoms with van der Waals surface area (Å²) in [5.41, 5.74) is 13.5. The van der Waals surface area contributed by atoms with Gasteiger partial charge in [-0.1, -0.05) is 0 Å². The molecule has 5 aromatic carbocycles. The Kier molecular flexibility index (Phi) is 45.7. The maximum Gasteiger partial charge on any atom is 0.490 e. The predicted octanol–water partition coefficient (Wildman–Crippen LogP) is 0.343. The van der Waals surface area contributed by atoms with Crippen molar-refractivity contribution in [2.45, 2.75) is 100 Å². The molecular weight excluding hydrogens is 1690 g/mol. The zero-order valence-electron chi connectivity index (χ0n) is 66.3. The molecule has 21 N–H and O–H groups in total. The number of phenolic OH excluding ortho intramolecular Hbond substituents is 3. The molecule has 3 fully saturated rings. The molecule has 0 spiro atoms. The van der Waals surface area contributed by atoms with Gasteiger partial charge >= 0.3 is 256 Å². The van der Waals surface area contributed by atoms with E-state index in [4.69, 9.17) is 56.0 Å². The third-order valence-electron chi connectivity index (χ3n) is 15.6. The van der Waals surface area contributed by atoms with Gasteiger partial charge in [-0.15, -0.1) is 0 Å². The number of carbonyl (C=O) groups excluding carboxylic acids is 8. The van der Waals surface area contributed by atoms with Crippen molar-refractivity contribution < 1.29 is 158 Å². The summed E-state index contributed by atoms with van der Waals surface area (Å²) in [7, 11) is 0.850. The number of amides is 3. The SMILES string of the molecule is N[C@@H]1COC(=O)C1.N[C@@H]1COC(=O)C1.O=BC=N[C@@H](CC(=O)OCc1ccccc1)C(=O)O.O=BC=N[C@H](CO)CC(=O)OCc1ccccc1.O=C(CNC(=O)c1cc(O)cc(NC2=NCC(F)CN2)c1)N[C@@H]1COC(=O)C1.O=C(O)C(F)(F)F.O=C(O)CNC(=O)c1cc(O)cc(NC2=NCC(F)CN2)c1.O=C(O)c1cc(O)cc(NC2=NCC(F)CN2)c1. The Hall–Kier alpha value is -14.5. The number of aliphatic hydroxyl groups excluding tert-OH is 1. The van der Waals surface area contributed by atoms with Crippen LogP contribution in [-0.4, -0.2) is 290 Å². The van der Waals surface area contributed by atoms with Gasteiger partial charge in [0, 0.05) is 58.5 Å². The molecule has 51 heteroatoms. The van der Waals surface area contributed by atoms with Gasteiger partial charge in [0.1, 0.15) is 62.1 Å². The Morgan fingerprint density at radius 2 is 0.929 bits per heavy atom. The van der Waals surface area contributed by atoms with Crippen LogP contribution in [0.4, 0.5) is 43.4 Å². The average molecular weight is 1780 g/mol. The molecule has 3 saturated heterocycles. The van der Waals surface area contributed by atoms with Crippen LogP contribution in [0.2, 0.25) is 0 Å². The number of esters is 5. The Balaban J connectivity index is 0.000000314. The molecule has 0 radical (unpaired) electrons. The van der Waals surface area contributed by atoms with E-state index in [1.165, 1.54) is 48.5 Å². The van der Waals surface area contributed by atoms with Crippen LogP contribution in [0.1, 0.15) is 74.3 Å². The number of aliphatic carboxylic acids is 3. The molecule has 126 heavy (non-hydrogen) atoms. The topological polar surface area (TPSA) is 669 Å². The van der Waals surface area contributed by atoms with Crippen LogP contribution in [0.5, 0.6) is 17.2 Å². The summed E-state index contributed by atoms with van der Waals surface area (Å²) in [5, 5.41) is 95.0. The molecular formula is C75H88B2F6N16O27. The molecule has 43 nitrogen and oxygen atoms in total. The third-order valence-corrected chi connectivity index (χ3v) is 15.6. The number of carbonyl (C=O) groups is 12. The van der Waals surface area contributed by atoms with Crippen molar-refractivity contribution >= 4 is 133 Å². The van der Waals surface area contributed by atoms with Gasteiger partial charge in [-0.05, 0) is 36.4 Å². The number of hydrogen-bond donors (Lipinski definition) is 19. The number of cyclic esters (lactones) is 3. The molecule has 3 unspecified atom stereocenters. The summed E-state index contributed by atoms with van der Waals surface area (Å²) in [4.78, 5) is 150. The maximum atomic E-state index is 13.1. The van der Waals surface area contributed by atoms with Crippen molar-refractivity contribution in [3.8, 4) is 17.2 Å². The first-order valence-electron chi connectivity index (χ1n) is 37.1. The third kappa shape index (κ3) is 44.3. The second-order valence-corrected chi connectivity index (χ2v) is 26.3. The van der Waals surface area contributed by atoms with Gasteiger partial charge in [0.2, 0.25) is 5.91 Å². The molecule has 678 valence electrons. The summed E-state index contributed by atoms with van der Waals surface area (Å²) in [6.07, 6.45) is -5.96. The Labute approximate surface area is 711 Å². The Bertz CT molecular complexity index is 4660. The number of alkyl halides is 6. The second kappa shape index (κ2) is 55.5. The number of aliphatic imine (C=N–C) groups is 5. The summed E-state index contributed by atoms with van der Waals surface area (Å²) >= 11 is 0. The molecule has 0 bridgehead atoms. The van der Waals surface area contributed by atoms with Crippen molar-refractivity contribution in [3.05, 3.63) is 143 Å². The summed E-state index contributed by atoms with van der Waals surface area (Å²) < 4.78 is 114. The van der Waals surface area contributed by atoms with E-state index < -0.39 is 109 Å². The Morgan fingerprint density at radius 1 is 0.548 bits per heavy atom. The summed E-state index contributed by atoms with van der Waals surface area (Å²) in [5.74, 6) is -9.39. The van der Waals surface area contributed by atoms with Gasteiger partial charge in [0.05, 0.1) is 76.7 Å². The van der Waals surface area contributed by atoms with Gasteiger partial charge < -0.3 is 104 Å². The van der Waals surface area contributed by atoms with Crippen LogP contribution >= 0.6 is 0 Å². The van der Waals surface area contributed by atoms with Crippen molar-refractivity contribution in [2.75, 3.05) is 94.7 Å². The normalized spacial score (nSPS) is 17.9. The fraction of sp³-hybridized carbons (Fsp3) is 0.373. The zero-order chi connectivity index (χ0) is 93.3. The van der Waals surface area contributed by atoms with E-state index in [-0.39, 0.29) is 149 Å². The number of nitrogens with two attached hydrogens (primary N) is 2. The number of benzene rings is 5. The molecule has 11 rings (SSSR count). The van der Waals surface area contributed by atoms with Crippen molar-refractivity contribution in [1.29, 1.82) is 0 Å². The molecule has 0 saturated carbocycles. The van der Waals surface area contributed by atoms with Gasteiger partial charge in [0.25, 0.3) is 11.8 Å². The van der Waals surface area contributed by atoms with Crippen LogP contribution in [0.15, 0.2) is 140 Å². The van der Waals surface area contributed by atoms with Gasteiger partial charge in [-0.25, -0.2) is 37.7 Å². The number of nitrogens with zero attached hydrogens (tertiary/aromatic N) is 5. The van der Waals surface area contributed by atoms with E-state index in [0.29, 0.717) is 75.3 Å². The number of ether oxygens (including phenoxy) is 5. The first-order chi connectivity index (χ1) is 59.8. The van der Waals surface area contributed by atoms with Crippen molar-refractivity contribution in [1.82, 2.24) is 31.9 Å². The maximum absolute atomic E-state index is 13.1. The summed E-state index contributed by atoms with van der Waals surface area (Å²) in [6, 6.07) is 27.8. The van der Waals surface area contributed by atoms with Crippen LogP contribution < -0.4 is 59.3 Å². The number of carboxylic acid groups (broad SMARTS) is 4. The van der Waals surface area contributed by atoms with Crippen LogP contribution in [0.25, 0.3) is 0 Å². The van der Waals surface area contributed by atoms with Crippen LogP contribution in [-0.2, 0) is 89.5 Å². The zero-order valence-corrected chi connectivity index (χ0v) is 66.3. The van der Waals surface area contributed by atoms with Crippen molar-refractivity contribution in [3.63, 3.8) is 0 Å². The minimum absolute atomic E-state index is 0.0221. The number of anilines is 3. The summed E-state index contributed by atoms with van der Waals surface area (Å²) in [6.45, 7) is 0.547.